The molecule has 0 rings (SSSR count). The van der Waals surface area contributed by atoms with Crippen molar-refractivity contribution in [1.29, 1.82) is 0 Å². The Balaban J connectivity index is 2.94. The fourth-order valence-corrected chi connectivity index (χ4v) is 2.49. The number of hydrogen-bond acceptors (Lipinski definition) is 1. The minimum Gasteiger partial charge on any atom is -0.481 e. The monoisotopic (exact) mass is 282 g/mol. The number of hydrogen-bond donors (Lipinski definition) is 1. The van der Waals surface area contributed by atoms with Crippen LogP contribution in [0.2, 0.25) is 0 Å². The quantitative estimate of drug-likeness (QED) is 0.355. The topological polar surface area (TPSA) is 37.3 Å². The molecule has 2 heteroatoms. The predicted molar refractivity (Wildman–Crippen MR) is 86.5 cm³/mol. The molecule has 0 atom stereocenters. The highest BCUT2D eigenvalue weighted by atomic mass is 16.4. The molecule has 0 spiro atoms. The maximum atomic E-state index is 10.3. The maximum Gasteiger partial charge on any atom is 0.307 e. The van der Waals surface area contributed by atoms with Gasteiger partial charge in [0.05, 0.1) is 6.42 Å². The summed E-state index contributed by atoms with van der Waals surface area (Å²) < 4.78 is 0. The van der Waals surface area contributed by atoms with Gasteiger partial charge < -0.3 is 5.11 Å². The number of unbranched alkanes of at least 4 members (excludes halogenated alkanes) is 14. The van der Waals surface area contributed by atoms with Gasteiger partial charge in [0.25, 0.3) is 0 Å². The first-order valence-corrected chi connectivity index (χ1v) is 8.62. The Morgan fingerprint density at radius 3 is 1.40 bits per heavy atom. The van der Waals surface area contributed by atoms with Crippen molar-refractivity contribution >= 4 is 5.97 Å². The average Bonchev–Trinajstić information content (AvgIpc) is 2.43. The lowest BCUT2D eigenvalue weighted by Crippen LogP contribution is -1.94. The zero-order valence-electron chi connectivity index (χ0n) is 13.2. The lowest BCUT2D eigenvalue weighted by Gasteiger charge is -2.03. The van der Waals surface area contributed by atoms with Crippen LogP contribution in [0.3, 0.4) is 0 Å². The molecule has 0 aliphatic heterocycles. The van der Waals surface area contributed by atoms with Gasteiger partial charge in [0.2, 0.25) is 0 Å². The molecular formula is C18H34O2. The summed E-state index contributed by atoms with van der Waals surface area (Å²) in [6, 6.07) is 0. The zero-order valence-corrected chi connectivity index (χ0v) is 13.2. The SMILES string of the molecule is [CH2]CCCCCCCCCCCCCCC[CH]C(=O)O. The van der Waals surface area contributed by atoms with Gasteiger partial charge in [-0.15, -0.1) is 0 Å². The fraction of sp³-hybridized carbons (Fsp3) is 0.833. The molecule has 0 heterocycles. The van der Waals surface area contributed by atoms with Crippen LogP contribution in [-0.4, -0.2) is 11.1 Å². The lowest BCUT2D eigenvalue weighted by molar-refractivity contribution is -0.133. The third-order valence-electron chi connectivity index (χ3n) is 3.77. The summed E-state index contributed by atoms with van der Waals surface area (Å²) in [7, 11) is 0. The van der Waals surface area contributed by atoms with Gasteiger partial charge in [0.1, 0.15) is 0 Å². The zero-order chi connectivity index (χ0) is 14.9. The van der Waals surface area contributed by atoms with E-state index in [1.165, 1.54) is 83.5 Å². The molecule has 0 fully saturated rings. The van der Waals surface area contributed by atoms with Gasteiger partial charge >= 0.3 is 5.97 Å². The number of carboxylic acids is 1. The fourth-order valence-electron chi connectivity index (χ4n) is 2.49. The van der Waals surface area contributed by atoms with Crippen LogP contribution in [0.15, 0.2) is 0 Å². The highest BCUT2D eigenvalue weighted by Crippen LogP contribution is 2.13. The number of aliphatic carboxylic acids is 1. The van der Waals surface area contributed by atoms with E-state index in [9.17, 15) is 4.79 Å². The third kappa shape index (κ3) is 17.5. The largest absolute Gasteiger partial charge is 0.481 e. The average molecular weight is 282 g/mol. The van der Waals surface area contributed by atoms with Gasteiger partial charge in [-0.3, -0.25) is 4.79 Å². The molecule has 0 aliphatic carbocycles. The molecule has 2 nitrogen and oxygen atoms in total. The smallest absolute Gasteiger partial charge is 0.307 e. The van der Waals surface area contributed by atoms with Gasteiger partial charge in [0.15, 0.2) is 0 Å². The molecule has 0 bridgehead atoms. The minimum absolute atomic E-state index is 0.726. The first kappa shape index (κ1) is 19.5. The highest BCUT2D eigenvalue weighted by Gasteiger charge is 1.97. The van der Waals surface area contributed by atoms with Gasteiger partial charge in [-0.1, -0.05) is 96.8 Å². The van der Waals surface area contributed by atoms with Crippen molar-refractivity contribution in [2.75, 3.05) is 0 Å². The molecule has 0 amide bonds. The summed E-state index contributed by atoms with van der Waals surface area (Å²) >= 11 is 0. The normalized spacial score (nSPS) is 10.8. The van der Waals surface area contributed by atoms with Crippen LogP contribution in [0.4, 0.5) is 0 Å². The molecule has 0 aromatic rings. The van der Waals surface area contributed by atoms with Crippen molar-refractivity contribution in [1.82, 2.24) is 0 Å². The molecule has 0 aliphatic rings. The third-order valence-corrected chi connectivity index (χ3v) is 3.77. The minimum atomic E-state index is -0.781. The second-order valence-corrected chi connectivity index (χ2v) is 5.78. The lowest BCUT2D eigenvalue weighted by atomic mass is 10.0. The van der Waals surface area contributed by atoms with Crippen molar-refractivity contribution in [3.8, 4) is 0 Å². The van der Waals surface area contributed by atoms with Gasteiger partial charge in [0, 0.05) is 0 Å². The second kappa shape index (κ2) is 16.5. The van der Waals surface area contributed by atoms with Crippen LogP contribution in [-0.2, 0) is 4.79 Å². The molecule has 0 aromatic heterocycles. The highest BCUT2D eigenvalue weighted by molar-refractivity contribution is 5.76. The molecule has 20 heavy (non-hydrogen) atoms. The van der Waals surface area contributed by atoms with E-state index in [0.717, 1.165) is 19.3 Å². The van der Waals surface area contributed by atoms with Crippen LogP contribution in [0.5, 0.6) is 0 Å². The predicted octanol–water partition coefficient (Wildman–Crippen LogP) is 5.96. The summed E-state index contributed by atoms with van der Waals surface area (Å²) in [5.74, 6) is -0.781. The van der Waals surface area contributed by atoms with Crippen LogP contribution >= 0.6 is 0 Å². The second-order valence-electron chi connectivity index (χ2n) is 5.78. The van der Waals surface area contributed by atoms with Crippen LogP contribution < -0.4 is 0 Å². The van der Waals surface area contributed by atoms with E-state index in [4.69, 9.17) is 5.11 Å². The van der Waals surface area contributed by atoms with Crippen LogP contribution in [0.1, 0.15) is 96.3 Å². The first-order chi connectivity index (χ1) is 9.77. The van der Waals surface area contributed by atoms with E-state index in [-0.39, 0.29) is 0 Å². The molecular weight excluding hydrogens is 248 g/mol. The van der Waals surface area contributed by atoms with E-state index in [1.807, 2.05) is 0 Å². The van der Waals surface area contributed by atoms with Crippen molar-refractivity contribution in [2.24, 2.45) is 0 Å². The molecule has 0 saturated heterocycles. The van der Waals surface area contributed by atoms with E-state index < -0.39 is 5.97 Å². The Morgan fingerprint density at radius 1 is 0.700 bits per heavy atom. The van der Waals surface area contributed by atoms with Gasteiger partial charge in [-0.05, 0) is 6.42 Å². The van der Waals surface area contributed by atoms with E-state index in [2.05, 4.69) is 6.92 Å². The first-order valence-electron chi connectivity index (χ1n) is 8.62. The van der Waals surface area contributed by atoms with E-state index >= 15 is 0 Å². The molecule has 0 saturated carbocycles. The molecule has 0 aromatic carbocycles. The van der Waals surface area contributed by atoms with Crippen molar-refractivity contribution in [3.05, 3.63) is 13.3 Å². The van der Waals surface area contributed by atoms with E-state index in [0.29, 0.717) is 0 Å². The number of carboxylic acid groups (broad SMARTS) is 1. The molecule has 118 valence electrons. The Kier molecular flexibility index (Phi) is 16.1. The summed E-state index contributed by atoms with van der Waals surface area (Å²) in [5, 5.41) is 8.46. The number of carbonyl (C=O) groups is 1. The van der Waals surface area contributed by atoms with Crippen molar-refractivity contribution in [2.45, 2.75) is 96.3 Å². The van der Waals surface area contributed by atoms with Crippen LogP contribution in [0.25, 0.3) is 0 Å². The Hall–Kier alpha value is -0.530. The van der Waals surface area contributed by atoms with Crippen LogP contribution in [0, 0.1) is 13.3 Å². The summed E-state index contributed by atoms with van der Waals surface area (Å²) in [6.45, 7) is 3.86. The van der Waals surface area contributed by atoms with Crippen molar-refractivity contribution in [3.63, 3.8) is 0 Å². The molecule has 0 unspecified atom stereocenters. The molecule has 1 N–H and O–H groups in total. The summed E-state index contributed by atoms with van der Waals surface area (Å²) in [5.41, 5.74) is 0. The van der Waals surface area contributed by atoms with Gasteiger partial charge in [-0.25, -0.2) is 0 Å². The number of rotatable bonds is 16. The molecule has 2 radical (unpaired) electrons. The Bertz CT molecular complexity index is 202. The summed E-state index contributed by atoms with van der Waals surface area (Å²) in [4.78, 5) is 10.3. The van der Waals surface area contributed by atoms with Gasteiger partial charge in [-0.2, -0.15) is 0 Å². The Labute approximate surface area is 126 Å². The van der Waals surface area contributed by atoms with E-state index in [1.54, 1.807) is 0 Å². The summed E-state index contributed by atoms with van der Waals surface area (Å²) in [6.07, 6.45) is 20.3. The maximum absolute atomic E-state index is 10.3. The van der Waals surface area contributed by atoms with Crippen molar-refractivity contribution < 1.29 is 9.90 Å². The standard InChI is InChI=1S/C18H34O2/c1-2-3-4-5-6-7-8-9-10-11-12-13-14-15-16-17-18(19)20/h17H,1-16H2,(H,19,20). The Morgan fingerprint density at radius 2 is 1.05 bits per heavy atom.